The lowest BCUT2D eigenvalue weighted by Gasteiger charge is -2.29. The van der Waals surface area contributed by atoms with Crippen molar-refractivity contribution in [2.75, 3.05) is 27.0 Å². The van der Waals surface area contributed by atoms with Crippen molar-refractivity contribution in [1.29, 1.82) is 0 Å². The molecule has 4 rings (SSSR count). The molecule has 0 saturated heterocycles. The molecule has 0 aliphatic carbocycles. The number of rotatable bonds is 5. The van der Waals surface area contributed by atoms with Crippen LogP contribution in [0.2, 0.25) is 0 Å². The van der Waals surface area contributed by atoms with Gasteiger partial charge in [-0.15, -0.1) is 0 Å². The van der Waals surface area contributed by atoms with Gasteiger partial charge in [0.15, 0.2) is 0 Å². The van der Waals surface area contributed by atoms with Crippen LogP contribution in [0.3, 0.4) is 0 Å². The molecule has 0 amide bonds. The van der Waals surface area contributed by atoms with Gasteiger partial charge < -0.3 is 19.0 Å². The number of nitrogens with zero attached hydrogens (tertiary/aromatic N) is 1. The Morgan fingerprint density at radius 1 is 1.21 bits per heavy atom. The summed E-state index contributed by atoms with van der Waals surface area (Å²) in [5.74, 6) is 1.91. The van der Waals surface area contributed by atoms with Gasteiger partial charge in [0.25, 0.3) is 0 Å². The molecule has 1 aromatic heterocycles. The minimum Gasteiger partial charge on any atom is -0.496 e. The molecular weight excluding hydrogens is 358 g/mol. The number of aliphatic hydroxyl groups is 1. The first-order chi connectivity index (χ1) is 13.6. The van der Waals surface area contributed by atoms with Crippen molar-refractivity contribution in [3.8, 4) is 22.6 Å². The van der Waals surface area contributed by atoms with E-state index in [1.54, 1.807) is 20.1 Å². The fourth-order valence-electron chi connectivity index (χ4n) is 3.72. The molecular formula is C22H23NO5. The van der Waals surface area contributed by atoms with Crippen LogP contribution in [0, 0.1) is 6.92 Å². The summed E-state index contributed by atoms with van der Waals surface area (Å²) in [6, 6.07) is 11.0. The first-order valence-corrected chi connectivity index (χ1v) is 9.32. The highest BCUT2D eigenvalue weighted by Gasteiger charge is 2.24. The number of hydrogen-bond acceptors (Lipinski definition) is 6. The number of para-hydroxylation sites is 1. The van der Waals surface area contributed by atoms with Gasteiger partial charge in [0, 0.05) is 25.3 Å². The van der Waals surface area contributed by atoms with Crippen LogP contribution >= 0.6 is 0 Å². The minimum absolute atomic E-state index is 0.0847. The van der Waals surface area contributed by atoms with E-state index in [1.165, 1.54) is 0 Å². The van der Waals surface area contributed by atoms with Gasteiger partial charge in [-0.3, -0.25) is 9.69 Å². The molecule has 0 unspecified atom stereocenters. The summed E-state index contributed by atoms with van der Waals surface area (Å²) in [6.45, 7) is 3.73. The summed E-state index contributed by atoms with van der Waals surface area (Å²) in [4.78, 5) is 15.4. The van der Waals surface area contributed by atoms with Gasteiger partial charge in [-0.1, -0.05) is 18.2 Å². The summed E-state index contributed by atoms with van der Waals surface area (Å²) in [7, 11) is 1.59. The van der Waals surface area contributed by atoms with Crippen molar-refractivity contribution in [3.05, 3.63) is 57.9 Å². The van der Waals surface area contributed by atoms with Crippen LogP contribution in [0.25, 0.3) is 22.1 Å². The van der Waals surface area contributed by atoms with Gasteiger partial charge in [-0.05, 0) is 31.5 Å². The van der Waals surface area contributed by atoms with Crippen LogP contribution in [0.4, 0.5) is 0 Å². The predicted octanol–water partition coefficient (Wildman–Crippen LogP) is 3.31. The van der Waals surface area contributed by atoms with E-state index < -0.39 is 0 Å². The lowest BCUT2D eigenvalue weighted by atomic mass is 10.00. The topological polar surface area (TPSA) is 72.1 Å². The van der Waals surface area contributed by atoms with Gasteiger partial charge in [-0.2, -0.15) is 0 Å². The molecule has 2 aromatic carbocycles. The van der Waals surface area contributed by atoms with E-state index in [0.29, 0.717) is 47.7 Å². The van der Waals surface area contributed by atoms with E-state index in [-0.39, 0.29) is 12.0 Å². The monoisotopic (exact) mass is 381 g/mol. The summed E-state index contributed by atoms with van der Waals surface area (Å²) < 4.78 is 17.4. The molecule has 1 N–H and O–H groups in total. The summed E-state index contributed by atoms with van der Waals surface area (Å²) in [5, 5.41) is 9.61. The maximum absolute atomic E-state index is 13.4. The van der Waals surface area contributed by atoms with E-state index in [9.17, 15) is 4.79 Å². The van der Waals surface area contributed by atoms with Crippen molar-refractivity contribution < 1.29 is 19.0 Å². The van der Waals surface area contributed by atoms with Crippen molar-refractivity contribution in [3.63, 3.8) is 0 Å². The molecule has 0 bridgehead atoms. The van der Waals surface area contributed by atoms with Crippen molar-refractivity contribution in [2.45, 2.75) is 19.9 Å². The molecule has 0 radical (unpaired) electrons. The Bertz CT molecular complexity index is 1070. The number of fused-ring (bicyclic) bond motifs is 3. The zero-order valence-corrected chi connectivity index (χ0v) is 16.0. The van der Waals surface area contributed by atoms with E-state index in [1.807, 2.05) is 30.3 Å². The Kier molecular flexibility index (Phi) is 5.07. The van der Waals surface area contributed by atoms with Crippen LogP contribution in [-0.4, -0.2) is 37.0 Å². The van der Waals surface area contributed by atoms with Crippen molar-refractivity contribution >= 4 is 11.0 Å². The quantitative estimate of drug-likeness (QED) is 0.731. The number of aryl methyl sites for hydroxylation is 1. The fraction of sp³-hybridized carbons (Fsp3) is 0.318. The SMILES string of the molecule is COc1ccccc1-c1c(C)oc2c3c(ccc2c1=O)OCN(CCCO)C3. The Hall–Kier alpha value is -2.83. The zero-order valence-electron chi connectivity index (χ0n) is 16.0. The van der Waals surface area contributed by atoms with Gasteiger partial charge in [0.2, 0.25) is 5.43 Å². The molecule has 1 aliphatic rings. The summed E-state index contributed by atoms with van der Waals surface area (Å²) in [6.07, 6.45) is 0.671. The van der Waals surface area contributed by atoms with Gasteiger partial charge >= 0.3 is 0 Å². The van der Waals surface area contributed by atoms with Crippen molar-refractivity contribution in [2.24, 2.45) is 0 Å². The predicted molar refractivity (Wildman–Crippen MR) is 107 cm³/mol. The molecule has 2 heterocycles. The molecule has 28 heavy (non-hydrogen) atoms. The van der Waals surface area contributed by atoms with E-state index in [2.05, 4.69) is 4.90 Å². The maximum Gasteiger partial charge on any atom is 0.200 e. The maximum atomic E-state index is 13.4. The molecule has 6 heteroatoms. The highest BCUT2D eigenvalue weighted by atomic mass is 16.5. The number of benzene rings is 2. The van der Waals surface area contributed by atoms with E-state index in [0.717, 1.165) is 23.4 Å². The Morgan fingerprint density at radius 3 is 2.82 bits per heavy atom. The molecule has 3 aromatic rings. The molecule has 146 valence electrons. The second kappa shape index (κ2) is 7.66. The van der Waals surface area contributed by atoms with Gasteiger partial charge in [-0.25, -0.2) is 0 Å². The molecule has 0 spiro atoms. The first kappa shape index (κ1) is 18.5. The smallest absolute Gasteiger partial charge is 0.200 e. The molecule has 1 aliphatic heterocycles. The largest absolute Gasteiger partial charge is 0.496 e. The average molecular weight is 381 g/mol. The highest BCUT2D eigenvalue weighted by molar-refractivity contribution is 5.87. The fourth-order valence-corrected chi connectivity index (χ4v) is 3.72. The highest BCUT2D eigenvalue weighted by Crippen LogP contribution is 2.35. The Morgan fingerprint density at radius 2 is 2.04 bits per heavy atom. The Labute approximate surface area is 162 Å². The molecule has 6 nitrogen and oxygen atoms in total. The standard InChI is InChI=1S/C22H23NO5/c1-14-20(15-6-3-4-7-18(15)26-2)21(25)16-8-9-19-17(22(16)28-14)12-23(13-27-19)10-5-11-24/h3-4,6-9,24H,5,10-13H2,1-2H3. The third kappa shape index (κ3) is 3.15. The summed E-state index contributed by atoms with van der Waals surface area (Å²) in [5.41, 5.74) is 2.58. The third-order valence-corrected chi connectivity index (χ3v) is 5.09. The van der Waals surface area contributed by atoms with Crippen molar-refractivity contribution in [1.82, 2.24) is 4.90 Å². The van der Waals surface area contributed by atoms with Gasteiger partial charge in [0.1, 0.15) is 29.6 Å². The molecule has 0 saturated carbocycles. The van der Waals surface area contributed by atoms with Gasteiger partial charge in [0.05, 0.1) is 23.6 Å². The van der Waals surface area contributed by atoms with Crippen LogP contribution in [0.5, 0.6) is 11.5 Å². The lowest BCUT2D eigenvalue weighted by molar-refractivity contribution is 0.0886. The second-order valence-electron chi connectivity index (χ2n) is 6.88. The lowest BCUT2D eigenvalue weighted by Crippen LogP contribution is -2.33. The zero-order chi connectivity index (χ0) is 19.7. The average Bonchev–Trinajstić information content (AvgIpc) is 2.72. The molecule has 0 fully saturated rings. The van der Waals surface area contributed by atoms with Crippen LogP contribution < -0.4 is 14.9 Å². The molecule has 0 atom stereocenters. The Balaban J connectivity index is 1.87. The number of ether oxygens (including phenoxy) is 2. The minimum atomic E-state index is -0.0847. The second-order valence-corrected chi connectivity index (χ2v) is 6.88. The first-order valence-electron chi connectivity index (χ1n) is 9.32. The summed E-state index contributed by atoms with van der Waals surface area (Å²) >= 11 is 0. The van der Waals surface area contributed by atoms with E-state index >= 15 is 0 Å². The van der Waals surface area contributed by atoms with Crippen LogP contribution in [0.15, 0.2) is 45.6 Å². The number of hydrogen-bond donors (Lipinski definition) is 1. The van der Waals surface area contributed by atoms with Crippen LogP contribution in [0.1, 0.15) is 17.7 Å². The van der Waals surface area contributed by atoms with Crippen LogP contribution in [-0.2, 0) is 6.54 Å². The normalized spacial score (nSPS) is 14.0. The van der Waals surface area contributed by atoms with E-state index in [4.69, 9.17) is 19.0 Å². The third-order valence-electron chi connectivity index (χ3n) is 5.09. The number of methoxy groups -OCH3 is 1. The number of aliphatic hydroxyl groups excluding tert-OH is 1.